The normalized spacial score (nSPS) is 11.6. The Bertz CT molecular complexity index is 411. The lowest BCUT2D eigenvalue weighted by atomic mass is 10.1. The first kappa shape index (κ1) is 10.2. The number of benzene rings is 1. The lowest BCUT2D eigenvalue weighted by molar-refractivity contribution is 0.481. The maximum Gasteiger partial charge on any atom is 0.295 e. The molecule has 0 aliphatic heterocycles. The number of hydrogen-bond donors (Lipinski definition) is 2. The summed E-state index contributed by atoms with van der Waals surface area (Å²) in [6.07, 6.45) is 0. The maximum absolute atomic E-state index is 10.9. The Morgan fingerprint density at radius 3 is 2.46 bits per heavy atom. The smallest absolute Gasteiger partial charge is 0.295 e. The predicted molar refractivity (Wildman–Crippen MR) is 48.9 cm³/mol. The average molecular weight is 201 g/mol. The third kappa shape index (κ3) is 2.06. The minimum atomic E-state index is -4.16. The van der Waals surface area contributed by atoms with Gasteiger partial charge in [-0.15, -0.1) is 0 Å². The molecule has 3 N–H and O–H groups in total. The van der Waals surface area contributed by atoms with Crippen LogP contribution in [-0.4, -0.2) is 13.0 Å². The van der Waals surface area contributed by atoms with Crippen molar-refractivity contribution in [3.8, 4) is 0 Å². The molecule has 0 bridgehead atoms. The van der Waals surface area contributed by atoms with Crippen molar-refractivity contribution in [2.75, 3.05) is 0 Å². The SMILES string of the molecule is Cc1cccc(CN)c1S(=O)(=O)O. The molecule has 1 rings (SSSR count). The second-order valence-electron chi connectivity index (χ2n) is 2.74. The summed E-state index contributed by atoms with van der Waals surface area (Å²) in [7, 11) is -4.16. The summed E-state index contributed by atoms with van der Waals surface area (Å²) in [5.74, 6) is 0. The van der Waals surface area contributed by atoms with Crippen LogP contribution in [-0.2, 0) is 16.7 Å². The Hall–Kier alpha value is -0.910. The Morgan fingerprint density at radius 2 is 2.08 bits per heavy atom. The Kier molecular flexibility index (Phi) is 2.70. The average Bonchev–Trinajstić information content (AvgIpc) is 2.01. The van der Waals surface area contributed by atoms with Gasteiger partial charge in [0.1, 0.15) is 4.90 Å². The van der Waals surface area contributed by atoms with Crippen LogP contribution in [0.2, 0.25) is 0 Å². The van der Waals surface area contributed by atoms with E-state index < -0.39 is 10.1 Å². The molecule has 0 aromatic heterocycles. The van der Waals surface area contributed by atoms with Gasteiger partial charge in [-0.25, -0.2) is 0 Å². The fourth-order valence-corrected chi connectivity index (χ4v) is 2.20. The largest absolute Gasteiger partial charge is 0.326 e. The molecule has 1 aromatic rings. The molecule has 1 aromatic carbocycles. The fraction of sp³-hybridized carbons (Fsp3) is 0.250. The molecule has 13 heavy (non-hydrogen) atoms. The standard InChI is InChI=1S/C8H11NO3S/c1-6-3-2-4-7(5-9)8(6)13(10,11)12/h2-4H,5,9H2,1H3,(H,10,11,12). The van der Waals surface area contributed by atoms with Gasteiger partial charge in [-0.1, -0.05) is 18.2 Å². The molecular formula is C8H11NO3S. The van der Waals surface area contributed by atoms with Crippen molar-refractivity contribution in [2.45, 2.75) is 18.4 Å². The highest BCUT2D eigenvalue weighted by Crippen LogP contribution is 2.19. The van der Waals surface area contributed by atoms with E-state index in [0.29, 0.717) is 11.1 Å². The molecule has 0 amide bonds. The highest BCUT2D eigenvalue weighted by atomic mass is 32.2. The molecule has 4 nitrogen and oxygen atoms in total. The van der Waals surface area contributed by atoms with Crippen LogP contribution in [0.4, 0.5) is 0 Å². The van der Waals surface area contributed by atoms with Crippen LogP contribution in [0.5, 0.6) is 0 Å². The Balaban J connectivity index is 3.50. The van der Waals surface area contributed by atoms with Gasteiger partial charge in [-0.3, -0.25) is 4.55 Å². The molecular weight excluding hydrogens is 190 g/mol. The van der Waals surface area contributed by atoms with E-state index in [1.807, 2.05) is 0 Å². The zero-order chi connectivity index (χ0) is 10.1. The van der Waals surface area contributed by atoms with Crippen LogP contribution in [0.25, 0.3) is 0 Å². The molecule has 0 aliphatic rings. The van der Waals surface area contributed by atoms with Crippen LogP contribution in [0, 0.1) is 6.92 Å². The van der Waals surface area contributed by atoms with Gasteiger partial charge < -0.3 is 5.73 Å². The molecule has 0 atom stereocenters. The summed E-state index contributed by atoms with van der Waals surface area (Å²) in [6, 6.07) is 4.89. The second-order valence-corrected chi connectivity index (χ2v) is 4.10. The lowest BCUT2D eigenvalue weighted by Crippen LogP contribution is -2.08. The summed E-state index contributed by atoms with van der Waals surface area (Å²) in [5.41, 5.74) is 6.28. The van der Waals surface area contributed by atoms with E-state index in [0.717, 1.165) is 0 Å². The lowest BCUT2D eigenvalue weighted by Gasteiger charge is -2.07. The van der Waals surface area contributed by atoms with Crippen molar-refractivity contribution in [1.29, 1.82) is 0 Å². The van der Waals surface area contributed by atoms with Gasteiger partial charge in [0.05, 0.1) is 0 Å². The van der Waals surface area contributed by atoms with Gasteiger partial charge in [0, 0.05) is 6.54 Å². The Morgan fingerprint density at radius 1 is 1.46 bits per heavy atom. The minimum Gasteiger partial charge on any atom is -0.326 e. The van der Waals surface area contributed by atoms with Gasteiger partial charge in [0.2, 0.25) is 0 Å². The Labute approximate surface area is 77.1 Å². The third-order valence-electron chi connectivity index (χ3n) is 1.77. The summed E-state index contributed by atoms with van der Waals surface area (Å²) in [6.45, 7) is 1.71. The minimum absolute atomic E-state index is 0.0718. The van der Waals surface area contributed by atoms with Gasteiger partial charge >= 0.3 is 0 Å². The number of aryl methyl sites for hydroxylation is 1. The van der Waals surface area contributed by atoms with Crippen LogP contribution in [0.15, 0.2) is 23.1 Å². The zero-order valence-corrected chi connectivity index (χ0v) is 8.00. The molecule has 5 heteroatoms. The van der Waals surface area contributed by atoms with E-state index in [4.69, 9.17) is 10.3 Å². The molecule has 72 valence electrons. The van der Waals surface area contributed by atoms with E-state index in [-0.39, 0.29) is 11.4 Å². The first-order valence-electron chi connectivity index (χ1n) is 3.73. The van der Waals surface area contributed by atoms with Crippen LogP contribution < -0.4 is 5.73 Å². The van der Waals surface area contributed by atoms with Crippen LogP contribution in [0.1, 0.15) is 11.1 Å². The zero-order valence-electron chi connectivity index (χ0n) is 7.19. The molecule has 0 aliphatic carbocycles. The van der Waals surface area contributed by atoms with E-state index in [1.165, 1.54) is 0 Å². The van der Waals surface area contributed by atoms with Crippen molar-refractivity contribution < 1.29 is 13.0 Å². The van der Waals surface area contributed by atoms with Crippen molar-refractivity contribution in [3.63, 3.8) is 0 Å². The first-order chi connectivity index (χ1) is 5.96. The quantitative estimate of drug-likeness (QED) is 0.690. The second kappa shape index (κ2) is 3.45. The van der Waals surface area contributed by atoms with Crippen molar-refractivity contribution in [1.82, 2.24) is 0 Å². The number of hydrogen-bond acceptors (Lipinski definition) is 3. The molecule has 0 unspecified atom stereocenters. The third-order valence-corrected chi connectivity index (χ3v) is 2.87. The predicted octanol–water partition coefficient (Wildman–Crippen LogP) is 0.700. The molecule has 0 heterocycles. The van der Waals surface area contributed by atoms with Gasteiger partial charge in [0.25, 0.3) is 10.1 Å². The molecule has 0 saturated heterocycles. The van der Waals surface area contributed by atoms with Crippen molar-refractivity contribution >= 4 is 10.1 Å². The topological polar surface area (TPSA) is 80.4 Å². The molecule has 0 saturated carbocycles. The van der Waals surface area contributed by atoms with E-state index in [9.17, 15) is 8.42 Å². The maximum atomic E-state index is 10.9. The molecule has 0 fully saturated rings. The number of nitrogens with two attached hydrogens (primary N) is 1. The van der Waals surface area contributed by atoms with E-state index >= 15 is 0 Å². The van der Waals surface area contributed by atoms with Gasteiger partial charge in [-0.05, 0) is 18.1 Å². The van der Waals surface area contributed by atoms with Gasteiger partial charge in [-0.2, -0.15) is 8.42 Å². The van der Waals surface area contributed by atoms with E-state index in [2.05, 4.69) is 0 Å². The first-order valence-corrected chi connectivity index (χ1v) is 5.17. The van der Waals surface area contributed by atoms with E-state index in [1.54, 1.807) is 25.1 Å². The number of rotatable bonds is 2. The molecule has 0 radical (unpaired) electrons. The van der Waals surface area contributed by atoms with Gasteiger partial charge in [0.15, 0.2) is 0 Å². The monoisotopic (exact) mass is 201 g/mol. The summed E-state index contributed by atoms with van der Waals surface area (Å²) in [5, 5.41) is 0. The highest BCUT2D eigenvalue weighted by molar-refractivity contribution is 7.86. The van der Waals surface area contributed by atoms with Crippen molar-refractivity contribution in [3.05, 3.63) is 29.3 Å². The highest BCUT2D eigenvalue weighted by Gasteiger charge is 2.16. The summed E-state index contributed by atoms with van der Waals surface area (Å²) >= 11 is 0. The van der Waals surface area contributed by atoms with Crippen LogP contribution >= 0.6 is 0 Å². The summed E-state index contributed by atoms with van der Waals surface area (Å²) in [4.78, 5) is -0.0718. The summed E-state index contributed by atoms with van der Waals surface area (Å²) < 4.78 is 30.8. The molecule has 0 spiro atoms. The fourth-order valence-electron chi connectivity index (χ4n) is 1.24. The van der Waals surface area contributed by atoms with Crippen molar-refractivity contribution in [2.24, 2.45) is 5.73 Å². The van der Waals surface area contributed by atoms with Crippen LogP contribution in [0.3, 0.4) is 0 Å².